The second kappa shape index (κ2) is 10.3. The molecule has 1 saturated heterocycles. The molecule has 0 N–H and O–H groups in total. The van der Waals surface area contributed by atoms with Gasteiger partial charge in [0.15, 0.2) is 6.10 Å². The molecule has 1 aliphatic heterocycles. The average Bonchev–Trinajstić information content (AvgIpc) is 3.57. The van der Waals surface area contributed by atoms with Crippen molar-refractivity contribution in [3.05, 3.63) is 30.0 Å². The Labute approximate surface area is 200 Å². The summed E-state index contributed by atoms with van der Waals surface area (Å²) in [6, 6.07) is 6.45. The third-order valence-electron chi connectivity index (χ3n) is 6.04. The van der Waals surface area contributed by atoms with E-state index in [1.807, 2.05) is 36.5 Å². The van der Waals surface area contributed by atoms with Crippen LogP contribution in [-0.4, -0.2) is 82.7 Å². The smallest absolute Gasteiger partial charge is 0.410 e. The van der Waals surface area contributed by atoms with Crippen molar-refractivity contribution in [3.63, 3.8) is 0 Å². The Balaban J connectivity index is 1.45. The molecule has 1 saturated carbocycles. The summed E-state index contributed by atoms with van der Waals surface area (Å²) in [6.45, 7) is 8.44. The molecule has 2 aromatic rings. The van der Waals surface area contributed by atoms with Gasteiger partial charge in [0.1, 0.15) is 5.60 Å². The van der Waals surface area contributed by atoms with Crippen molar-refractivity contribution in [2.45, 2.75) is 70.9 Å². The Morgan fingerprint density at radius 1 is 1.26 bits per heavy atom. The van der Waals surface area contributed by atoms with Gasteiger partial charge < -0.3 is 24.0 Å². The lowest BCUT2D eigenvalue weighted by Gasteiger charge is -2.36. The molecule has 2 aliphatic rings. The molecule has 1 aromatic heterocycles. The van der Waals surface area contributed by atoms with E-state index < -0.39 is 17.8 Å². The molecule has 34 heavy (non-hydrogen) atoms. The molecule has 9 heteroatoms. The monoisotopic (exact) mass is 472 g/mol. The summed E-state index contributed by atoms with van der Waals surface area (Å²) in [5.74, 6) is -0.0653. The van der Waals surface area contributed by atoms with Gasteiger partial charge in [-0.2, -0.15) is 5.10 Å². The van der Waals surface area contributed by atoms with Crippen molar-refractivity contribution in [1.82, 2.24) is 19.6 Å². The first-order valence-electron chi connectivity index (χ1n) is 12.1. The number of aromatic nitrogens is 2. The van der Waals surface area contributed by atoms with Crippen molar-refractivity contribution >= 4 is 22.9 Å². The van der Waals surface area contributed by atoms with E-state index in [2.05, 4.69) is 23.3 Å². The summed E-state index contributed by atoms with van der Waals surface area (Å²) >= 11 is 0. The van der Waals surface area contributed by atoms with Crippen LogP contribution in [0.15, 0.2) is 24.4 Å². The van der Waals surface area contributed by atoms with Crippen molar-refractivity contribution in [3.8, 4) is 0 Å². The van der Waals surface area contributed by atoms with Gasteiger partial charge in [0.05, 0.1) is 24.9 Å². The summed E-state index contributed by atoms with van der Waals surface area (Å²) < 4.78 is 18.5. The van der Waals surface area contributed by atoms with Crippen LogP contribution in [-0.2, 0) is 32.1 Å². The van der Waals surface area contributed by atoms with Crippen LogP contribution in [0.3, 0.4) is 0 Å². The normalized spacial score (nSPS) is 18.8. The number of hydrogen-bond acceptors (Lipinski definition) is 6. The maximum absolute atomic E-state index is 13.5. The first-order valence-corrected chi connectivity index (χ1v) is 12.1. The number of fused-ring (bicyclic) bond motifs is 1. The molecule has 0 bridgehead atoms. The van der Waals surface area contributed by atoms with Gasteiger partial charge in [-0.3, -0.25) is 9.48 Å². The van der Waals surface area contributed by atoms with Gasteiger partial charge in [0.2, 0.25) is 0 Å². The van der Waals surface area contributed by atoms with Crippen LogP contribution in [0.5, 0.6) is 0 Å². The number of ether oxygens (including phenoxy) is 3. The molecule has 2 heterocycles. The number of carbonyl (C=O) groups excluding carboxylic acids is 2. The van der Waals surface area contributed by atoms with Gasteiger partial charge in [-0.25, -0.2) is 4.79 Å². The fourth-order valence-corrected chi connectivity index (χ4v) is 4.20. The molecule has 1 aromatic carbocycles. The summed E-state index contributed by atoms with van der Waals surface area (Å²) in [7, 11) is 1.70. The Bertz CT molecular complexity index is 1010. The number of benzene rings is 1. The SMILES string of the molecule is COCCCn1ncc2ccc(CN(C(=O)[C@H]3CN(C(=O)OC(C)(C)C)CCO3)C3CC3)cc21. The zero-order valence-corrected chi connectivity index (χ0v) is 20.7. The first-order chi connectivity index (χ1) is 16.2. The highest BCUT2D eigenvalue weighted by molar-refractivity contribution is 5.83. The van der Waals surface area contributed by atoms with Gasteiger partial charge in [0.25, 0.3) is 5.91 Å². The molecule has 186 valence electrons. The minimum atomic E-state index is -0.676. The van der Waals surface area contributed by atoms with Gasteiger partial charge in [-0.1, -0.05) is 12.1 Å². The first kappa shape index (κ1) is 24.5. The largest absolute Gasteiger partial charge is 0.444 e. The van der Waals surface area contributed by atoms with Crippen molar-refractivity contribution < 1.29 is 23.8 Å². The van der Waals surface area contributed by atoms with Crippen LogP contribution in [0.4, 0.5) is 4.79 Å². The third-order valence-corrected chi connectivity index (χ3v) is 6.04. The summed E-state index contributed by atoms with van der Waals surface area (Å²) in [6.07, 6.45) is 3.66. The highest BCUT2D eigenvalue weighted by atomic mass is 16.6. The molecule has 2 amide bonds. The van der Waals surface area contributed by atoms with Crippen LogP contribution >= 0.6 is 0 Å². The van der Waals surface area contributed by atoms with Crippen LogP contribution in [0, 0.1) is 0 Å². The minimum absolute atomic E-state index is 0.0653. The number of methoxy groups -OCH3 is 1. The standard InChI is InChI=1S/C25H36N4O5/c1-25(2,3)34-24(31)27-11-13-33-22(17-27)23(30)28(20-8-9-20)16-18-6-7-19-15-26-29(21(19)14-18)10-5-12-32-4/h6-7,14-15,20,22H,5,8-13,16-17H2,1-4H3/t22-/m1/s1. The number of nitrogens with zero attached hydrogens (tertiary/aromatic N) is 4. The summed E-state index contributed by atoms with van der Waals surface area (Å²) in [5.41, 5.74) is 1.53. The lowest BCUT2D eigenvalue weighted by molar-refractivity contribution is -0.150. The highest BCUT2D eigenvalue weighted by Crippen LogP contribution is 2.30. The van der Waals surface area contributed by atoms with E-state index in [9.17, 15) is 9.59 Å². The molecule has 0 unspecified atom stereocenters. The molecular formula is C25H36N4O5. The number of hydrogen-bond donors (Lipinski definition) is 0. The van der Waals surface area contributed by atoms with Crippen molar-refractivity contribution in [2.24, 2.45) is 0 Å². The number of rotatable bonds is 8. The quantitative estimate of drug-likeness (QED) is 0.549. The summed E-state index contributed by atoms with van der Waals surface area (Å²) in [4.78, 5) is 29.5. The second-order valence-electron chi connectivity index (χ2n) is 10.1. The summed E-state index contributed by atoms with van der Waals surface area (Å²) in [5, 5.41) is 5.58. The molecule has 0 radical (unpaired) electrons. The fourth-order valence-electron chi connectivity index (χ4n) is 4.20. The van der Waals surface area contributed by atoms with Crippen molar-refractivity contribution in [2.75, 3.05) is 33.4 Å². The number of morpholine rings is 1. The second-order valence-corrected chi connectivity index (χ2v) is 10.1. The van der Waals surface area contributed by atoms with E-state index in [0.29, 0.717) is 26.3 Å². The maximum atomic E-state index is 13.5. The van der Waals surface area contributed by atoms with E-state index in [1.54, 1.807) is 12.0 Å². The van der Waals surface area contributed by atoms with Gasteiger partial charge in [-0.15, -0.1) is 0 Å². The van der Waals surface area contributed by atoms with E-state index in [0.717, 1.165) is 42.3 Å². The van der Waals surface area contributed by atoms with Gasteiger partial charge >= 0.3 is 6.09 Å². The molecule has 1 aliphatic carbocycles. The molecule has 4 rings (SSSR count). The molecule has 9 nitrogen and oxygen atoms in total. The molecule has 2 fully saturated rings. The average molecular weight is 473 g/mol. The zero-order valence-electron chi connectivity index (χ0n) is 20.7. The lowest BCUT2D eigenvalue weighted by Crippen LogP contribution is -2.53. The molecular weight excluding hydrogens is 436 g/mol. The third kappa shape index (κ3) is 6.07. The Kier molecular flexibility index (Phi) is 7.42. The van der Waals surface area contributed by atoms with E-state index in [4.69, 9.17) is 14.2 Å². The Morgan fingerprint density at radius 2 is 2.06 bits per heavy atom. The van der Waals surface area contributed by atoms with E-state index in [1.165, 1.54) is 0 Å². The van der Waals surface area contributed by atoms with Crippen molar-refractivity contribution in [1.29, 1.82) is 0 Å². The van der Waals surface area contributed by atoms with Crippen LogP contribution in [0.25, 0.3) is 10.9 Å². The van der Waals surface area contributed by atoms with Crippen LogP contribution in [0.2, 0.25) is 0 Å². The molecule has 0 spiro atoms. The maximum Gasteiger partial charge on any atom is 0.410 e. The van der Waals surface area contributed by atoms with Crippen LogP contribution < -0.4 is 0 Å². The molecule has 1 atom stereocenters. The zero-order chi connectivity index (χ0) is 24.3. The predicted octanol–water partition coefficient (Wildman–Crippen LogP) is 3.20. The topological polar surface area (TPSA) is 86.1 Å². The van der Waals surface area contributed by atoms with E-state index in [-0.39, 0.29) is 18.5 Å². The van der Waals surface area contributed by atoms with Gasteiger partial charge in [-0.05, 0) is 51.7 Å². The Morgan fingerprint density at radius 3 is 2.76 bits per heavy atom. The number of amides is 2. The van der Waals surface area contributed by atoms with E-state index >= 15 is 0 Å². The Hall–Kier alpha value is -2.65. The lowest BCUT2D eigenvalue weighted by atomic mass is 10.1. The van der Waals surface area contributed by atoms with Crippen LogP contribution in [0.1, 0.15) is 45.6 Å². The van der Waals surface area contributed by atoms with Gasteiger partial charge in [0, 0.05) is 44.8 Å². The predicted molar refractivity (Wildman–Crippen MR) is 127 cm³/mol. The number of aryl methyl sites for hydroxylation is 1. The number of carbonyl (C=O) groups is 2. The highest BCUT2D eigenvalue weighted by Gasteiger charge is 2.39. The fraction of sp³-hybridized carbons (Fsp3) is 0.640. The minimum Gasteiger partial charge on any atom is -0.444 e.